The second kappa shape index (κ2) is 9.25. The summed E-state index contributed by atoms with van der Waals surface area (Å²) in [6.07, 6.45) is 5.49. The zero-order valence-corrected chi connectivity index (χ0v) is 18.8. The van der Waals surface area contributed by atoms with Crippen LogP contribution in [0.1, 0.15) is 59.7 Å². The summed E-state index contributed by atoms with van der Waals surface area (Å²) < 4.78 is 7.86. The summed E-state index contributed by atoms with van der Waals surface area (Å²) in [7, 11) is 2.01. The molecule has 2 heterocycles. The fourth-order valence-corrected chi connectivity index (χ4v) is 5.05. The number of nitrogens with zero attached hydrogens (tertiary/aromatic N) is 3. The lowest BCUT2D eigenvalue weighted by Crippen LogP contribution is -2.35. The van der Waals surface area contributed by atoms with Crippen LogP contribution in [0.2, 0.25) is 0 Å². The second-order valence-corrected chi connectivity index (χ2v) is 8.86. The van der Waals surface area contributed by atoms with Crippen molar-refractivity contribution >= 4 is 11.7 Å². The molecule has 0 spiro atoms. The number of likely N-dealkylation sites (N-methyl/N-ethyl adjacent to an activating group) is 1. The average Bonchev–Trinajstić information content (AvgIpc) is 3.36. The summed E-state index contributed by atoms with van der Waals surface area (Å²) in [4.78, 5) is 15.2. The van der Waals surface area contributed by atoms with Crippen LogP contribution in [0, 0.1) is 25.2 Å². The van der Waals surface area contributed by atoms with Gasteiger partial charge in [0.1, 0.15) is 11.9 Å². The molecule has 1 N–H and O–H groups in total. The number of aromatic nitrogens is 1. The van der Waals surface area contributed by atoms with Crippen molar-refractivity contribution in [3.63, 3.8) is 0 Å². The van der Waals surface area contributed by atoms with Gasteiger partial charge in [-0.1, -0.05) is 24.3 Å². The van der Waals surface area contributed by atoms with Crippen molar-refractivity contribution in [3.05, 3.63) is 52.2 Å². The van der Waals surface area contributed by atoms with E-state index in [2.05, 4.69) is 45.1 Å². The highest BCUT2D eigenvalue weighted by molar-refractivity contribution is 5.93. The molecule has 2 aliphatic rings. The molecule has 0 bridgehead atoms. The van der Waals surface area contributed by atoms with E-state index in [9.17, 15) is 10.1 Å². The molecule has 2 atom stereocenters. The molecule has 31 heavy (non-hydrogen) atoms. The molecule has 1 aliphatic heterocycles. The van der Waals surface area contributed by atoms with Gasteiger partial charge in [0.25, 0.3) is 0 Å². The minimum atomic E-state index is -0.0897. The normalized spacial score (nSPS) is 20.5. The van der Waals surface area contributed by atoms with E-state index >= 15 is 0 Å². The molecule has 0 saturated carbocycles. The number of nitriles is 1. The van der Waals surface area contributed by atoms with Crippen molar-refractivity contribution in [2.24, 2.45) is 0 Å². The van der Waals surface area contributed by atoms with E-state index in [0.29, 0.717) is 17.9 Å². The Balaban J connectivity index is 1.51. The molecular formula is C25H32N4O2. The third kappa shape index (κ3) is 4.39. The van der Waals surface area contributed by atoms with Gasteiger partial charge in [0, 0.05) is 18.3 Å². The number of amides is 1. The fraction of sp³-hybridized carbons (Fsp3) is 0.520. The van der Waals surface area contributed by atoms with E-state index in [1.54, 1.807) is 0 Å². The maximum Gasteiger partial charge on any atom is 0.239 e. The zero-order chi connectivity index (χ0) is 22.0. The van der Waals surface area contributed by atoms with E-state index in [1.165, 1.54) is 11.1 Å². The van der Waals surface area contributed by atoms with Crippen LogP contribution in [0.5, 0.6) is 0 Å². The van der Waals surface area contributed by atoms with E-state index in [0.717, 1.165) is 50.0 Å². The van der Waals surface area contributed by atoms with Gasteiger partial charge in [-0.25, -0.2) is 0 Å². The molecule has 1 aliphatic carbocycles. The molecule has 164 valence electrons. The van der Waals surface area contributed by atoms with Crippen molar-refractivity contribution < 1.29 is 9.53 Å². The van der Waals surface area contributed by atoms with Gasteiger partial charge >= 0.3 is 0 Å². The predicted molar refractivity (Wildman–Crippen MR) is 121 cm³/mol. The predicted octanol–water partition coefficient (Wildman–Crippen LogP) is 4.10. The Morgan fingerprint density at radius 3 is 2.84 bits per heavy atom. The lowest BCUT2D eigenvalue weighted by atomic mass is 9.87. The summed E-state index contributed by atoms with van der Waals surface area (Å²) >= 11 is 0. The van der Waals surface area contributed by atoms with Crippen molar-refractivity contribution in [2.45, 2.75) is 64.6 Å². The van der Waals surface area contributed by atoms with Crippen molar-refractivity contribution in [1.82, 2.24) is 9.47 Å². The van der Waals surface area contributed by atoms with E-state index in [4.69, 9.17) is 4.74 Å². The Kier molecular flexibility index (Phi) is 6.45. The Morgan fingerprint density at radius 1 is 1.29 bits per heavy atom. The van der Waals surface area contributed by atoms with Gasteiger partial charge in [0.05, 0.1) is 24.8 Å². The highest BCUT2D eigenvalue weighted by Gasteiger charge is 2.27. The molecule has 0 radical (unpaired) electrons. The number of carbonyl (C=O) groups excluding carboxylic acids is 1. The van der Waals surface area contributed by atoms with Crippen LogP contribution in [0.4, 0.5) is 5.82 Å². The number of hydrogen-bond acceptors (Lipinski definition) is 4. The van der Waals surface area contributed by atoms with Gasteiger partial charge in [-0.2, -0.15) is 5.26 Å². The topological polar surface area (TPSA) is 70.3 Å². The van der Waals surface area contributed by atoms with E-state index < -0.39 is 0 Å². The Hall–Kier alpha value is -2.62. The monoisotopic (exact) mass is 420 g/mol. The molecule has 2 aromatic rings. The van der Waals surface area contributed by atoms with Gasteiger partial charge in [-0.05, 0) is 69.7 Å². The minimum Gasteiger partial charge on any atom is -0.376 e. The summed E-state index contributed by atoms with van der Waals surface area (Å²) in [6, 6.07) is 11.1. The molecule has 1 aromatic heterocycles. The van der Waals surface area contributed by atoms with Gasteiger partial charge in [-0.3, -0.25) is 9.69 Å². The SMILES string of the molecule is Cc1c(C#N)c(NC(=O)CN(C)[C@H]2CCCc3ccccc32)n(C[C@H]2CCCO2)c1C. The van der Waals surface area contributed by atoms with Crippen LogP contribution in [0.25, 0.3) is 0 Å². The number of carbonyl (C=O) groups is 1. The number of hydrogen-bond donors (Lipinski definition) is 1. The highest BCUT2D eigenvalue weighted by atomic mass is 16.5. The first-order valence-electron chi connectivity index (χ1n) is 11.3. The molecule has 0 unspecified atom stereocenters. The quantitative estimate of drug-likeness (QED) is 0.764. The third-order valence-corrected chi connectivity index (χ3v) is 6.87. The molecular weight excluding hydrogens is 388 g/mol. The summed E-state index contributed by atoms with van der Waals surface area (Å²) in [5, 5.41) is 12.8. The number of benzene rings is 1. The summed E-state index contributed by atoms with van der Waals surface area (Å²) in [5.41, 5.74) is 5.20. The molecule has 4 rings (SSSR count). The first-order chi connectivity index (χ1) is 15.0. The standard InChI is InChI=1S/C25H32N4O2/c1-17-18(2)29(15-20-10-7-13-31-20)25(22(17)14-26)27-24(30)16-28(3)23-12-6-9-19-8-4-5-11-21(19)23/h4-5,8,11,20,23H,6-7,9-10,12-13,15-16H2,1-3H3,(H,27,30)/t20-,23+/m1/s1. The fourth-order valence-electron chi connectivity index (χ4n) is 5.05. The van der Waals surface area contributed by atoms with Gasteiger partial charge in [0.2, 0.25) is 5.91 Å². The summed E-state index contributed by atoms with van der Waals surface area (Å²) in [6.45, 7) is 5.68. The molecule has 1 fully saturated rings. The third-order valence-electron chi connectivity index (χ3n) is 6.87. The Labute approximate surface area is 184 Å². The number of rotatable bonds is 6. The first-order valence-corrected chi connectivity index (χ1v) is 11.3. The maximum atomic E-state index is 13.0. The molecule has 6 heteroatoms. The van der Waals surface area contributed by atoms with Gasteiger partial charge < -0.3 is 14.6 Å². The minimum absolute atomic E-state index is 0.0897. The number of aryl methyl sites for hydroxylation is 1. The van der Waals surface area contributed by atoms with Crippen LogP contribution >= 0.6 is 0 Å². The number of anilines is 1. The van der Waals surface area contributed by atoms with Crippen LogP contribution in [-0.4, -0.2) is 41.7 Å². The number of fused-ring (bicyclic) bond motifs is 1. The zero-order valence-electron chi connectivity index (χ0n) is 18.8. The van der Waals surface area contributed by atoms with Crippen LogP contribution in [0.15, 0.2) is 24.3 Å². The van der Waals surface area contributed by atoms with Crippen LogP contribution in [0.3, 0.4) is 0 Å². The summed E-state index contributed by atoms with van der Waals surface area (Å²) in [5.74, 6) is 0.517. The van der Waals surface area contributed by atoms with Crippen LogP contribution in [-0.2, 0) is 22.5 Å². The Morgan fingerprint density at radius 2 is 2.10 bits per heavy atom. The smallest absolute Gasteiger partial charge is 0.239 e. The number of ether oxygens (including phenoxy) is 1. The Bertz CT molecular complexity index is 998. The highest BCUT2D eigenvalue weighted by Crippen LogP contribution is 2.33. The van der Waals surface area contributed by atoms with Gasteiger partial charge in [0.15, 0.2) is 0 Å². The number of nitrogens with one attached hydrogen (secondary N) is 1. The average molecular weight is 421 g/mol. The lowest BCUT2D eigenvalue weighted by molar-refractivity contribution is -0.117. The molecule has 1 saturated heterocycles. The van der Waals surface area contributed by atoms with E-state index in [-0.39, 0.29) is 24.6 Å². The van der Waals surface area contributed by atoms with E-state index in [1.807, 2.05) is 20.9 Å². The molecule has 1 amide bonds. The van der Waals surface area contributed by atoms with Crippen molar-refractivity contribution in [1.29, 1.82) is 5.26 Å². The molecule has 6 nitrogen and oxygen atoms in total. The lowest BCUT2D eigenvalue weighted by Gasteiger charge is -2.33. The maximum absolute atomic E-state index is 13.0. The van der Waals surface area contributed by atoms with Crippen LogP contribution < -0.4 is 5.32 Å². The second-order valence-electron chi connectivity index (χ2n) is 8.86. The van der Waals surface area contributed by atoms with Crippen molar-refractivity contribution in [2.75, 3.05) is 25.5 Å². The van der Waals surface area contributed by atoms with Gasteiger partial charge in [-0.15, -0.1) is 0 Å². The largest absolute Gasteiger partial charge is 0.376 e. The molecule has 1 aromatic carbocycles. The first kappa shape index (κ1) is 21.6. The van der Waals surface area contributed by atoms with Crippen molar-refractivity contribution in [3.8, 4) is 6.07 Å².